The van der Waals surface area contributed by atoms with Gasteiger partial charge in [0.25, 0.3) is 0 Å². The average molecular weight is 882 g/mol. The number of esters is 2. The van der Waals surface area contributed by atoms with Crippen LogP contribution in [0, 0.1) is 34.5 Å². The Morgan fingerprint density at radius 3 is 2.44 bits per heavy atom. The van der Waals surface area contributed by atoms with Crippen LogP contribution in [0.4, 0.5) is 14.5 Å². The first-order valence-corrected chi connectivity index (χ1v) is 22.0. The van der Waals surface area contributed by atoms with Gasteiger partial charge < -0.3 is 35.1 Å². The van der Waals surface area contributed by atoms with E-state index in [0.717, 1.165) is 28.0 Å². The van der Waals surface area contributed by atoms with Crippen molar-refractivity contribution in [3.05, 3.63) is 95.9 Å². The van der Waals surface area contributed by atoms with Gasteiger partial charge in [-0.25, -0.2) is 8.78 Å². The fourth-order valence-electron chi connectivity index (χ4n) is 11.9. The second-order valence-corrected chi connectivity index (χ2v) is 19.3. The van der Waals surface area contributed by atoms with Gasteiger partial charge in [0.05, 0.1) is 36.6 Å². The summed E-state index contributed by atoms with van der Waals surface area (Å²) in [6.45, 7) is 5.95. The number of fused-ring (bicyclic) bond motifs is 8. The molecular weight excluding hydrogens is 829 g/mol. The van der Waals surface area contributed by atoms with Gasteiger partial charge in [-0.2, -0.15) is 0 Å². The third-order valence-corrected chi connectivity index (χ3v) is 15.3. The molecule has 3 aromatic rings. The van der Waals surface area contributed by atoms with Crippen LogP contribution in [0.2, 0.25) is 0 Å². The molecule has 4 N–H and O–H groups in total. The smallest absolute Gasteiger partial charge is 0.310 e. The molecule has 3 unspecified atom stereocenters. The Balaban J connectivity index is 0.791. The van der Waals surface area contributed by atoms with Crippen LogP contribution in [0.25, 0.3) is 10.8 Å². The van der Waals surface area contributed by atoms with Crippen molar-refractivity contribution in [1.82, 2.24) is 4.98 Å². The van der Waals surface area contributed by atoms with Gasteiger partial charge >= 0.3 is 11.9 Å². The van der Waals surface area contributed by atoms with Crippen LogP contribution in [-0.4, -0.2) is 94.7 Å². The van der Waals surface area contributed by atoms with Gasteiger partial charge in [-0.3, -0.25) is 29.0 Å². The normalized spacial score (nSPS) is 35.8. The lowest BCUT2D eigenvalue weighted by atomic mass is 9.44. The number of nitrogens with two attached hydrogens (primary N) is 1. The van der Waals surface area contributed by atoms with Crippen LogP contribution in [0.1, 0.15) is 70.4 Å². The van der Waals surface area contributed by atoms with E-state index in [2.05, 4.69) is 10.3 Å². The summed E-state index contributed by atoms with van der Waals surface area (Å²) in [5.41, 5.74) is 1.26. The van der Waals surface area contributed by atoms with Gasteiger partial charge in [-0.05, 0) is 105 Å². The number of hydrogen-bond donors (Lipinski definition) is 3. The molecule has 9 rings (SSSR count). The lowest BCUT2D eigenvalue weighted by Gasteiger charge is -2.63. The van der Waals surface area contributed by atoms with Crippen molar-refractivity contribution in [3.8, 4) is 0 Å². The minimum Gasteiger partial charge on any atom is -0.465 e. The van der Waals surface area contributed by atoms with E-state index in [1.165, 1.54) is 19.1 Å². The average Bonchev–Trinajstić information content (AvgIpc) is 3.97. The maximum Gasteiger partial charge on any atom is 0.310 e. The highest BCUT2D eigenvalue weighted by atomic mass is 19.1. The fraction of sp³-hybridized carbons (Fsp3) is 0.510. The number of anilines is 1. The lowest BCUT2D eigenvalue weighted by Crippen LogP contribution is -2.71. The van der Waals surface area contributed by atoms with Crippen molar-refractivity contribution >= 4 is 45.9 Å². The predicted molar refractivity (Wildman–Crippen MR) is 228 cm³/mol. The zero-order valence-electron chi connectivity index (χ0n) is 36.2. The van der Waals surface area contributed by atoms with E-state index in [4.69, 9.17) is 24.7 Å². The van der Waals surface area contributed by atoms with Crippen molar-refractivity contribution in [2.24, 2.45) is 40.2 Å². The summed E-state index contributed by atoms with van der Waals surface area (Å²) in [5, 5.41) is 16.7. The Morgan fingerprint density at radius 2 is 1.70 bits per heavy atom. The maximum absolute atomic E-state index is 17.8. The van der Waals surface area contributed by atoms with Gasteiger partial charge in [-0.1, -0.05) is 43.3 Å². The van der Waals surface area contributed by atoms with Gasteiger partial charge in [0.2, 0.25) is 11.7 Å². The number of nitrogens with zero attached hydrogens (tertiary/aromatic N) is 1. The molecule has 0 spiro atoms. The topological polar surface area (TPSA) is 193 Å². The molecule has 13 nitrogen and oxygen atoms in total. The van der Waals surface area contributed by atoms with E-state index in [1.807, 2.05) is 48.5 Å². The third-order valence-electron chi connectivity index (χ3n) is 15.3. The van der Waals surface area contributed by atoms with Crippen molar-refractivity contribution in [1.29, 1.82) is 0 Å². The van der Waals surface area contributed by atoms with Crippen LogP contribution in [0.5, 0.6) is 0 Å². The number of rotatable bonds is 12. The zero-order valence-corrected chi connectivity index (χ0v) is 36.2. The Kier molecular flexibility index (Phi) is 10.8. The van der Waals surface area contributed by atoms with Crippen molar-refractivity contribution in [2.45, 2.75) is 101 Å². The number of allylic oxidation sites excluding steroid dienone is 4. The number of benzene rings is 2. The summed E-state index contributed by atoms with van der Waals surface area (Å²) >= 11 is 0. The number of aliphatic hydroxyl groups is 1. The Labute approximate surface area is 369 Å². The number of pyridine rings is 1. The highest BCUT2D eigenvalue weighted by Crippen LogP contribution is 2.72. The second kappa shape index (κ2) is 15.7. The minimum absolute atomic E-state index is 0.00382. The monoisotopic (exact) mass is 881 g/mol. The Morgan fingerprint density at radius 1 is 0.969 bits per heavy atom. The number of Topliss-reactive ketones (excluding diaryl/α,β-unsaturated/α-hetero) is 1. The summed E-state index contributed by atoms with van der Waals surface area (Å²) in [4.78, 5) is 70.3. The number of halogens is 2. The van der Waals surface area contributed by atoms with Crippen LogP contribution >= 0.6 is 0 Å². The highest BCUT2D eigenvalue weighted by molar-refractivity contribution is 6.01. The van der Waals surface area contributed by atoms with E-state index >= 15 is 8.78 Å². The molecule has 1 amide bonds. The van der Waals surface area contributed by atoms with Crippen molar-refractivity contribution < 1.29 is 56.8 Å². The largest absolute Gasteiger partial charge is 0.465 e. The van der Waals surface area contributed by atoms with Gasteiger partial charge in [0.15, 0.2) is 29.4 Å². The van der Waals surface area contributed by atoms with Gasteiger partial charge in [0.1, 0.15) is 6.17 Å². The molecule has 338 valence electrons. The number of aromatic nitrogens is 1. The van der Waals surface area contributed by atoms with Gasteiger partial charge in [0, 0.05) is 53.2 Å². The molecule has 64 heavy (non-hydrogen) atoms. The molecule has 2 heterocycles. The summed E-state index contributed by atoms with van der Waals surface area (Å²) < 4.78 is 57.6. The number of carbonyl (C=O) groups is 5. The molecular formula is C49H53F2N3O10. The number of carbonyl (C=O) groups excluding carboxylic acids is 5. The molecule has 2 aromatic carbocycles. The number of ether oxygens (including phenoxy) is 4. The van der Waals surface area contributed by atoms with E-state index in [9.17, 15) is 29.1 Å². The van der Waals surface area contributed by atoms with Crippen LogP contribution in [0.15, 0.2) is 84.7 Å². The van der Waals surface area contributed by atoms with E-state index < -0.39 is 106 Å². The molecule has 0 bridgehead atoms. The summed E-state index contributed by atoms with van der Waals surface area (Å²) in [6.07, 6.45) is 3.05. The molecule has 1 aliphatic heterocycles. The molecule has 1 saturated heterocycles. The molecule has 1 aromatic heterocycles. The number of ketones is 2. The maximum atomic E-state index is 17.8. The number of aliphatic hydroxyl groups excluding tert-OH is 1. The quantitative estimate of drug-likeness (QED) is 0.192. The number of amides is 1. The number of alkyl halides is 2. The number of hydrogen-bond acceptors (Lipinski definition) is 12. The predicted octanol–water partition coefficient (Wildman–Crippen LogP) is 5.57. The second-order valence-electron chi connectivity index (χ2n) is 19.3. The Bertz CT molecular complexity index is 2490. The third kappa shape index (κ3) is 6.92. The summed E-state index contributed by atoms with van der Waals surface area (Å²) in [5.74, 6) is -7.79. The van der Waals surface area contributed by atoms with Crippen molar-refractivity contribution in [3.63, 3.8) is 0 Å². The number of nitrogens with one attached hydrogen (secondary N) is 1. The molecule has 15 heteroatoms. The summed E-state index contributed by atoms with van der Waals surface area (Å²) in [7, 11) is 0. The molecule has 6 aliphatic rings. The van der Waals surface area contributed by atoms with Crippen LogP contribution < -0.4 is 11.1 Å². The minimum atomic E-state index is -2.36. The molecule has 5 fully saturated rings. The standard InChI is InChI=1S/C49H53F2N3O10/c1-45(2)63-41-21-35-36-20-38(50)37-18-31(55)11-14-46(37,3)48(36,51)39(56)22-47(35,4)49(41,64-45)40(57)25-62-44(60)33-19-32(33)43(59)61-16-13-26-5-7-27(8-6-26)34(23-52)42(58)54-30-10-9-29-24-53-15-12-28(29)17-30/h5-12,14-15,17-18,24,32-36,38-39,41,56H,13,16,19-23,25,52H2,1-4H3,(H,54,58)/t32?,33?,34?,35-,36-,38-,39-,41+,46-,47-,48-,49+/m0/s1. The van der Waals surface area contributed by atoms with E-state index in [0.29, 0.717) is 12.1 Å². The first-order chi connectivity index (χ1) is 30.3. The van der Waals surface area contributed by atoms with E-state index in [1.54, 1.807) is 33.2 Å². The van der Waals surface area contributed by atoms with Crippen LogP contribution in [0.3, 0.4) is 0 Å². The summed E-state index contributed by atoms with van der Waals surface area (Å²) in [6, 6.07) is 14.8. The van der Waals surface area contributed by atoms with E-state index in [-0.39, 0.29) is 50.3 Å². The first kappa shape index (κ1) is 44.0. The van der Waals surface area contributed by atoms with Gasteiger partial charge in [-0.15, -0.1) is 0 Å². The zero-order chi connectivity index (χ0) is 45.6. The van der Waals surface area contributed by atoms with Crippen LogP contribution in [-0.2, 0) is 49.3 Å². The molecule has 0 radical (unpaired) electrons. The fourth-order valence-corrected chi connectivity index (χ4v) is 11.9. The first-order valence-electron chi connectivity index (χ1n) is 22.0. The Hall–Kier alpha value is -5.22. The SMILES string of the molecule is CC1(C)O[C@@H]2C[C@H]3[C@@H]4C[C@H](F)C5=CC(=O)C=C[C@]5(C)[C@@]4(F)[C@@H](O)C[C@]3(C)[C@]2(C(=O)COC(=O)C2CC2C(=O)OCCc2ccc(C(CN)C(=O)Nc3ccc4cnccc4c3)cc2)O1. The lowest BCUT2D eigenvalue weighted by molar-refractivity contribution is -0.249. The molecule has 4 saturated carbocycles. The molecule has 12 atom stereocenters. The van der Waals surface area contributed by atoms with Crippen molar-refractivity contribution in [2.75, 3.05) is 25.1 Å². The highest BCUT2D eigenvalue weighted by Gasteiger charge is 2.80. The molecule has 5 aliphatic carbocycles.